The Hall–Kier alpha value is -0.490. The third-order valence-corrected chi connectivity index (χ3v) is 2.13. The van der Waals surface area contributed by atoms with Gasteiger partial charge in [-0.15, -0.1) is 0 Å². The minimum Gasteiger partial charge on any atom is -0.258 e. The van der Waals surface area contributed by atoms with Crippen molar-refractivity contribution in [3.05, 3.63) is 20.1 Å². The van der Waals surface area contributed by atoms with E-state index in [2.05, 4.69) is 20.3 Å². The van der Waals surface area contributed by atoms with Crippen molar-refractivity contribution >= 4 is 33.1 Å². The minimum absolute atomic E-state index is 0.0278. The van der Waals surface area contributed by atoms with Crippen molar-refractivity contribution in [2.75, 3.05) is 0 Å². The van der Waals surface area contributed by atoms with Gasteiger partial charge in [0.2, 0.25) is 0 Å². The molecule has 0 N–H and O–H groups in total. The highest BCUT2D eigenvalue weighted by Gasteiger charge is 2.12. The van der Waals surface area contributed by atoms with Gasteiger partial charge >= 0.3 is 5.69 Å². The fourth-order valence-electron chi connectivity index (χ4n) is 0.339. The second-order valence-corrected chi connectivity index (χ2v) is 3.36. The van der Waals surface area contributed by atoms with Gasteiger partial charge in [-0.25, -0.2) is 0 Å². The van der Waals surface area contributed by atoms with Crippen LogP contribution < -0.4 is 0 Å². The standard InChI is InChI=1S/C3HBrN2O2S/c4-3-2(6(7)8)1-5-9-3/h1H. The molecule has 0 atom stereocenters. The number of rotatable bonds is 1. The molecule has 0 spiro atoms. The largest absolute Gasteiger partial charge is 0.314 e. The van der Waals surface area contributed by atoms with Crippen LogP contribution in [0, 0.1) is 10.1 Å². The van der Waals surface area contributed by atoms with Crippen LogP contribution in [0.4, 0.5) is 5.69 Å². The molecule has 0 aliphatic rings. The number of halogens is 1. The van der Waals surface area contributed by atoms with E-state index < -0.39 is 4.92 Å². The molecule has 4 nitrogen and oxygen atoms in total. The normalized spacial score (nSPS) is 9.44. The second-order valence-electron chi connectivity index (χ2n) is 1.24. The molecule has 0 saturated carbocycles. The van der Waals surface area contributed by atoms with Crippen LogP contribution in [0.5, 0.6) is 0 Å². The highest BCUT2D eigenvalue weighted by atomic mass is 79.9. The van der Waals surface area contributed by atoms with Gasteiger partial charge in [-0.2, -0.15) is 4.37 Å². The Labute approximate surface area is 63.0 Å². The lowest BCUT2D eigenvalue weighted by atomic mass is 10.6. The maximum atomic E-state index is 10.0. The smallest absolute Gasteiger partial charge is 0.258 e. The molecule has 1 aromatic heterocycles. The Morgan fingerprint density at radius 1 is 1.89 bits per heavy atom. The molecule has 0 radical (unpaired) electrons. The zero-order chi connectivity index (χ0) is 6.85. The van der Waals surface area contributed by atoms with E-state index in [1.54, 1.807) is 0 Å². The fourth-order valence-corrected chi connectivity index (χ4v) is 1.30. The van der Waals surface area contributed by atoms with E-state index in [0.29, 0.717) is 3.79 Å². The Morgan fingerprint density at radius 2 is 2.56 bits per heavy atom. The predicted molar refractivity (Wildman–Crippen MR) is 36.5 cm³/mol. The highest BCUT2D eigenvalue weighted by Crippen LogP contribution is 2.27. The summed E-state index contributed by atoms with van der Waals surface area (Å²) in [6.07, 6.45) is 1.22. The molecule has 1 rings (SSSR count). The van der Waals surface area contributed by atoms with E-state index in [1.165, 1.54) is 6.20 Å². The van der Waals surface area contributed by atoms with Crippen molar-refractivity contribution < 1.29 is 4.92 Å². The Morgan fingerprint density at radius 3 is 2.78 bits per heavy atom. The first-order chi connectivity index (χ1) is 4.22. The van der Waals surface area contributed by atoms with Gasteiger partial charge in [0.15, 0.2) is 3.79 Å². The molecular weight excluding hydrogens is 208 g/mol. The van der Waals surface area contributed by atoms with Crippen LogP contribution in [0.1, 0.15) is 0 Å². The van der Waals surface area contributed by atoms with Crippen LogP contribution in [0.3, 0.4) is 0 Å². The lowest BCUT2D eigenvalue weighted by Crippen LogP contribution is -1.83. The summed E-state index contributed by atoms with van der Waals surface area (Å²) in [5.74, 6) is 0. The van der Waals surface area contributed by atoms with Crippen LogP contribution in [-0.2, 0) is 0 Å². The molecule has 0 bridgehead atoms. The van der Waals surface area contributed by atoms with Gasteiger partial charge in [0.05, 0.1) is 4.92 Å². The molecule has 6 heteroatoms. The maximum Gasteiger partial charge on any atom is 0.314 e. The van der Waals surface area contributed by atoms with Crippen molar-refractivity contribution in [3.63, 3.8) is 0 Å². The van der Waals surface area contributed by atoms with E-state index >= 15 is 0 Å². The molecule has 1 aromatic rings. The van der Waals surface area contributed by atoms with E-state index in [0.717, 1.165) is 11.5 Å². The third-order valence-electron chi connectivity index (χ3n) is 0.706. The molecule has 48 valence electrons. The van der Waals surface area contributed by atoms with E-state index in [1.807, 2.05) is 0 Å². The van der Waals surface area contributed by atoms with Crippen molar-refractivity contribution in [1.82, 2.24) is 4.37 Å². The molecule has 0 aromatic carbocycles. The van der Waals surface area contributed by atoms with Gasteiger partial charge in [-0.05, 0) is 27.5 Å². The molecule has 0 amide bonds. The molecule has 0 saturated heterocycles. The number of hydrogen-bond acceptors (Lipinski definition) is 4. The first kappa shape index (κ1) is 6.63. The van der Waals surface area contributed by atoms with Crippen molar-refractivity contribution in [1.29, 1.82) is 0 Å². The summed E-state index contributed by atoms with van der Waals surface area (Å²) < 4.78 is 4.06. The minimum atomic E-state index is -0.479. The topological polar surface area (TPSA) is 56.0 Å². The van der Waals surface area contributed by atoms with Gasteiger partial charge < -0.3 is 0 Å². The summed E-state index contributed by atoms with van der Waals surface area (Å²) in [6, 6.07) is 0. The van der Waals surface area contributed by atoms with Crippen molar-refractivity contribution in [3.8, 4) is 0 Å². The lowest BCUT2D eigenvalue weighted by Gasteiger charge is -1.80. The van der Waals surface area contributed by atoms with E-state index in [4.69, 9.17) is 0 Å². The Bertz CT molecular complexity index is 235. The van der Waals surface area contributed by atoms with Gasteiger partial charge in [0.1, 0.15) is 6.20 Å². The summed E-state index contributed by atoms with van der Waals surface area (Å²) in [5.41, 5.74) is 0.0278. The van der Waals surface area contributed by atoms with Crippen molar-refractivity contribution in [2.24, 2.45) is 0 Å². The molecular formula is C3HBrN2O2S. The molecule has 0 fully saturated rings. The average Bonchev–Trinajstić information content (AvgIpc) is 2.13. The molecule has 1 heterocycles. The number of nitrogens with zero attached hydrogens (tertiary/aromatic N) is 2. The Balaban J connectivity index is 3.08. The van der Waals surface area contributed by atoms with Gasteiger partial charge in [0, 0.05) is 0 Å². The SMILES string of the molecule is O=[N+]([O-])c1cnsc1Br. The molecule has 0 aliphatic heterocycles. The number of hydrogen-bond donors (Lipinski definition) is 0. The zero-order valence-corrected chi connectivity index (χ0v) is 6.48. The fraction of sp³-hybridized carbons (Fsp3) is 0. The summed E-state index contributed by atoms with van der Waals surface area (Å²) in [6.45, 7) is 0. The van der Waals surface area contributed by atoms with Gasteiger partial charge in [-0.1, -0.05) is 0 Å². The number of aromatic nitrogens is 1. The van der Waals surface area contributed by atoms with Crippen LogP contribution in [0.15, 0.2) is 9.98 Å². The summed E-state index contributed by atoms with van der Waals surface area (Å²) in [5, 5.41) is 10.0. The average molecular weight is 209 g/mol. The predicted octanol–water partition coefficient (Wildman–Crippen LogP) is 1.81. The van der Waals surface area contributed by atoms with Crippen LogP contribution in [0.2, 0.25) is 0 Å². The molecule has 0 aliphatic carbocycles. The van der Waals surface area contributed by atoms with Crippen molar-refractivity contribution in [2.45, 2.75) is 0 Å². The number of nitro groups is 1. The first-order valence-electron chi connectivity index (χ1n) is 1.96. The second kappa shape index (κ2) is 2.40. The van der Waals surface area contributed by atoms with Crippen LogP contribution in [-0.4, -0.2) is 9.30 Å². The molecule has 9 heavy (non-hydrogen) atoms. The first-order valence-corrected chi connectivity index (χ1v) is 3.53. The third kappa shape index (κ3) is 1.25. The monoisotopic (exact) mass is 208 g/mol. The highest BCUT2D eigenvalue weighted by molar-refractivity contribution is 9.11. The zero-order valence-electron chi connectivity index (χ0n) is 4.07. The summed E-state index contributed by atoms with van der Waals surface area (Å²) in [7, 11) is 0. The lowest BCUT2D eigenvalue weighted by molar-refractivity contribution is -0.385. The van der Waals surface area contributed by atoms with Crippen LogP contribution in [0.25, 0.3) is 0 Å². The molecule has 0 unspecified atom stereocenters. The van der Waals surface area contributed by atoms with Crippen LogP contribution >= 0.6 is 27.5 Å². The summed E-state index contributed by atoms with van der Waals surface area (Å²) >= 11 is 4.04. The van der Waals surface area contributed by atoms with E-state index in [-0.39, 0.29) is 5.69 Å². The van der Waals surface area contributed by atoms with Gasteiger partial charge in [0.25, 0.3) is 0 Å². The summed E-state index contributed by atoms with van der Waals surface area (Å²) in [4.78, 5) is 9.55. The Kier molecular flexibility index (Phi) is 1.77. The maximum absolute atomic E-state index is 10.0. The van der Waals surface area contributed by atoms with Gasteiger partial charge in [-0.3, -0.25) is 10.1 Å². The quantitative estimate of drug-likeness (QED) is 0.523. The van der Waals surface area contributed by atoms with E-state index in [9.17, 15) is 10.1 Å².